The van der Waals surface area contributed by atoms with Crippen molar-refractivity contribution in [2.45, 2.75) is 20.0 Å². The van der Waals surface area contributed by atoms with Gasteiger partial charge in [-0.3, -0.25) is 0 Å². The van der Waals surface area contributed by atoms with Crippen molar-refractivity contribution in [3.8, 4) is 0 Å². The molecule has 1 aromatic rings. The molecule has 1 N–H and O–H groups in total. The number of ether oxygens (including phenoxy) is 1. The number of hydrogen-bond donors (Lipinski definition) is 1. The van der Waals surface area contributed by atoms with Crippen LogP contribution in [-0.2, 0) is 4.74 Å². The van der Waals surface area contributed by atoms with Crippen LogP contribution < -0.4 is 4.90 Å². The third-order valence-electron chi connectivity index (χ3n) is 2.57. The molecule has 0 fully saturated rings. The van der Waals surface area contributed by atoms with Crippen molar-refractivity contribution < 1.29 is 9.84 Å². The molecule has 0 radical (unpaired) electrons. The molecular weight excluding hydrogens is 202 g/mol. The molecule has 0 aliphatic carbocycles. The van der Waals surface area contributed by atoms with Crippen LogP contribution in [0.4, 0.5) is 5.69 Å². The molecule has 1 atom stereocenters. The van der Waals surface area contributed by atoms with Gasteiger partial charge in [0.05, 0.1) is 12.7 Å². The molecule has 1 rings (SSSR count). The van der Waals surface area contributed by atoms with Crippen molar-refractivity contribution in [2.24, 2.45) is 0 Å². The van der Waals surface area contributed by atoms with Gasteiger partial charge in [0.1, 0.15) is 0 Å². The lowest BCUT2D eigenvalue weighted by Crippen LogP contribution is -2.24. The zero-order valence-electron chi connectivity index (χ0n) is 10.3. The van der Waals surface area contributed by atoms with Gasteiger partial charge < -0.3 is 14.7 Å². The average molecular weight is 223 g/mol. The number of hydrogen-bond acceptors (Lipinski definition) is 3. The number of anilines is 1. The van der Waals surface area contributed by atoms with Crippen LogP contribution in [0.3, 0.4) is 0 Å². The first-order valence-corrected chi connectivity index (χ1v) is 5.72. The molecule has 3 heteroatoms. The standard InChI is InChI=1S/C13H21NO2/c1-4-16-10-9-14(3)13-8-6-5-7-12(13)11(2)15/h5-8,11,15H,4,9-10H2,1-3H3. The van der Waals surface area contributed by atoms with Gasteiger partial charge in [0.2, 0.25) is 0 Å². The molecule has 16 heavy (non-hydrogen) atoms. The Balaban J connectivity index is 2.70. The van der Waals surface area contributed by atoms with E-state index in [0.29, 0.717) is 6.61 Å². The molecule has 0 saturated heterocycles. The van der Waals surface area contributed by atoms with Gasteiger partial charge in [-0.05, 0) is 19.9 Å². The summed E-state index contributed by atoms with van der Waals surface area (Å²) in [5, 5.41) is 9.67. The summed E-state index contributed by atoms with van der Waals surface area (Å²) in [6.07, 6.45) is -0.439. The van der Waals surface area contributed by atoms with Gasteiger partial charge in [-0.25, -0.2) is 0 Å². The quantitative estimate of drug-likeness (QED) is 0.751. The summed E-state index contributed by atoms with van der Waals surface area (Å²) >= 11 is 0. The summed E-state index contributed by atoms with van der Waals surface area (Å²) in [4.78, 5) is 2.11. The third kappa shape index (κ3) is 3.51. The Hall–Kier alpha value is -1.06. The normalized spacial score (nSPS) is 12.5. The predicted octanol–water partition coefficient (Wildman–Crippen LogP) is 2.21. The van der Waals surface area contributed by atoms with E-state index in [1.54, 1.807) is 6.92 Å². The average Bonchev–Trinajstić information content (AvgIpc) is 2.29. The highest BCUT2D eigenvalue weighted by atomic mass is 16.5. The fraction of sp³-hybridized carbons (Fsp3) is 0.538. The maximum Gasteiger partial charge on any atom is 0.0781 e. The largest absolute Gasteiger partial charge is 0.389 e. The predicted molar refractivity (Wildman–Crippen MR) is 66.8 cm³/mol. The topological polar surface area (TPSA) is 32.7 Å². The number of nitrogens with zero attached hydrogens (tertiary/aromatic N) is 1. The number of aliphatic hydroxyl groups is 1. The monoisotopic (exact) mass is 223 g/mol. The first-order valence-electron chi connectivity index (χ1n) is 5.72. The molecule has 0 aliphatic rings. The van der Waals surface area contributed by atoms with E-state index >= 15 is 0 Å². The Morgan fingerprint density at radius 1 is 1.38 bits per heavy atom. The number of benzene rings is 1. The Morgan fingerprint density at radius 2 is 2.06 bits per heavy atom. The van der Waals surface area contributed by atoms with Crippen LogP contribution in [0.25, 0.3) is 0 Å². The van der Waals surface area contributed by atoms with Crippen LogP contribution in [0.1, 0.15) is 25.5 Å². The number of aliphatic hydroxyl groups excluding tert-OH is 1. The first kappa shape index (κ1) is 13.0. The summed E-state index contributed by atoms with van der Waals surface area (Å²) in [6, 6.07) is 7.91. The van der Waals surface area contributed by atoms with Crippen LogP contribution in [0, 0.1) is 0 Å². The summed E-state index contributed by atoms with van der Waals surface area (Å²) < 4.78 is 5.32. The lowest BCUT2D eigenvalue weighted by atomic mass is 10.1. The number of para-hydroxylation sites is 1. The van der Waals surface area contributed by atoms with Crippen LogP contribution in [-0.4, -0.2) is 31.9 Å². The second-order valence-electron chi connectivity index (χ2n) is 3.85. The van der Waals surface area contributed by atoms with E-state index in [-0.39, 0.29) is 0 Å². The maximum atomic E-state index is 9.67. The van der Waals surface area contributed by atoms with E-state index in [4.69, 9.17) is 4.74 Å². The van der Waals surface area contributed by atoms with Crippen molar-refractivity contribution in [2.75, 3.05) is 31.7 Å². The minimum absolute atomic E-state index is 0.439. The minimum atomic E-state index is -0.439. The molecule has 0 spiro atoms. The minimum Gasteiger partial charge on any atom is -0.389 e. The summed E-state index contributed by atoms with van der Waals surface area (Å²) in [7, 11) is 2.01. The molecule has 0 amide bonds. The molecule has 0 aliphatic heterocycles. The molecule has 0 aromatic heterocycles. The lowest BCUT2D eigenvalue weighted by molar-refractivity contribution is 0.154. The zero-order chi connectivity index (χ0) is 12.0. The van der Waals surface area contributed by atoms with Gasteiger partial charge in [0, 0.05) is 31.5 Å². The second-order valence-corrected chi connectivity index (χ2v) is 3.85. The summed E-state index contributed by atoms with van der Waals surface area (Å²) in [6.45, 7) is 6.06. The van der Waals surface area contributed by atoms with Crippen LogP contribution >= 0.6 is 0 Å². The van der Waals surface area contributed by atoms with Gasteiger partial charge in [-0.1, -0.05) is 18.2 Å². The van der Waals surface area contributed by atoms with Crippen molar-refractivity contribution >= 4 is 5.69 Å². The summed E-state index contributed by atoms with van der Waals surface area (Å²) in [5.41, 5.74) is 2.03. The molecule has 90 valence electrons. The van der Waals surface area contributed by atoms with Gasteiger partial charge in [-0.2, -0.15) is 0 Å². The van der Waals surface area contributed by atoms with E-state index in [9.17, 15) is 5.11 Å². The number of likely N-dealkylation sites (N-methyl/N-ethyl adjacent to an activating group) is 1. The molecule has 0 heterocycles. The Labute approximate surface area is 97.7 Å². The second kappa shape index (κ2) is 6.51. The van der Waals surface area contributed by atoms with E-state index in [2.05, 4.69) is 4.90 Å². The lowest BCUT2D eigenvalue weighted by Gasteiger charge is -2.23. The van der Waals surface area contributed by atoms with E-state index in [0.717, 1.165) is 24.4 Å². The van der Waals surface area contributed by atoms with Gasteiger partial charge >= 0.3 is 0 Å². The molecule has 0 bridgehead atoms. The fourth-order valence-corrected chi connectivity index (χ4v) is 1.65. The third-order valence-corrected chi connectivity index (χ3v) is 2.57. The van der Waals surface area contributed by atoms with Crippen molar-refractivity contribution in [1.29, 1.82) is 0 Å². The SMILES string of the molecule is CCOCCN(C)c1ccccc1C(C)O. The Morgan fingerprint density at radius 3 is 2.69 bits per heavy atom. The van der Waals surface area contributed by atoms with Crippen LogP contribution in [0.5, 0.6) is 0 Å². The molecule has 3 nitrogen and oxygen atoms in total. The highest BCUT2D eigenvalue weighted by molar-refractivity contribution is 5.53. The summed E-state index contributed by atoms with van der Waals surface area (Å²) in [5.74, 6) is 0. The maximum absolute atomic E-state index is 9.67. The van der Waals surface area contributed by atoms with Crippen LogP contribution in [0.2, 0.25) is 0 Å². The van der Waals surface area contributed by atoms with Crippen LogP contribution in [0.15, 0.2) is 24.3 Å². The Kier molecular flexibility index (Phi) is 5.29. The van der Waals surface area contributed by atoms with Gasteiger partial charge in [0.15, 0.2) is 0 Å². The smallest absolute Gasteiger partial charge is 0.0781 e. The van der Waals surface area contributed by atoms with Crippen molar-refractivity contribution in [3.63, 3.8) is 0 Å². The fourth-order valence-electron chi connectivity index (χ4n) is 1.65. The van der Waals surface area contributed by atoms with E-state index < -0.39 is 6.10 Å². The van der Waals surface area contributed by atoms with Gasteiger partial charge in [-0.15, -0.1) is 0 Å². The zero-order valence-corrected chi connectivity index (χ0v) is 10.3. The van der Waals surface area contributed by atoms with Crippen molar-refractivity contribution in [1.82, 2.24) is 0 Å². The molecular formula is C13H21NO2. The molecule has 0 saturated carbocycles. The van der Waals surface area contributed by atoms with E-state index in [1.807, 2.05) is 38.2 Å². The van der Waals surface area contributed by atoms with E-state index in [1.165, 1.54) is 0 Å². The Bertz CT molecular complexity index is 313. The highest BCUT2D eigenvalue weighted by Crippen LogP contribution is 2.24. The van der Waals surface area contributed by atoms with Crippen molar-refractivity contribution in [3.05, 3.63) is 29.8 Å². The number of rotatable bonds is 6. The molecule has 1 aromatic carbocycles. The molecule has 1 unspecified atom stereocenters. The van der Waals surface area contributed by atoms with Gasteiger partial charge in [0.25, 0.3) is 0 Å². The first-order chi connectivity index (χ1) is 7.66. The highest BCUT2D eigenvalue weighted by Gasteiger charge is 2.10.